The van der Waals surface area contributed by atoms with Gasteiger partial charge in [-0.2, -0.15) is 0 Å². The molecule has 0 aliphatic carbocycles. The van der Waals surface area contributed by atoms with Gasteiger partial charge >= 0.3 is 6.03 Å². The molecule has 8 heteroatoms. The van der Waals surface area contributed by atoms with Crippen molar-refractivity contribution in [2.45, 2.75) is 38.6 Å². The molecular weight excluding hydrogens is 362 g/mol. The van der Waals surface area contributed by atoms with E-state index in [0.717, 1.165) is 23.3 Å². The lowest BCUT2D eigenvalue weighted by atomic mass is 9.92. The van der Waals surface area contributed by atoms with Gasteiger partial charge in [0.25, 0.3) is 5.91 Å². The van der Waals surface area contributed by atoms with Crippen molar-refractivity contribution in [1.29, 1.82) is 0 Å². The molecule has 0 spiro atoms. The molecule has 0 aromatic heterocycles. The summed E-state index contributed by atoms with van der Waals surface area (Å²) in [7, 11) is 0. The van der Waals surface area contributed by atoms with Crippen molar-refractivity contribution in [1.82, 2.24) is 15.1 Å². The zero-order chi connectivity index (χ0) is 19.9. The highest BCUT2D eigenvalue weighted by molar-refractivity contribution is 6.09. The summed E-state index contributed by atoms with van der Waals surface area (Å²) in [5.74, 6) is 1.18. The predicted octanol–water partition coefficient (Wildman–Crippen LogP) is 1.53. The number of likely N-dealkylation sites (tertiary alicyclic amines) is 1. The molecule has 0 radical (unpaired) electrons. The second-order valence-corrected chi connectivity index (χ2v) is 8.11. The first-order chi connectivity index (χ1) is 13.4. The van der Waals surface area contributed by atoms with Crippen LogP contribution in [0, 0.1) is 5.92 Å². The van der Waals surface area contributed by atoms with Crippen molar-refractivity contribution >= 4 is 17.8 Å². The molecule has 3 aliphatic rings. The highest BCUT2D eigenvalue weighted by Crippen LogP contribution is 2.34. The smallest absolute Gasteiger partial charge is 0.325 e. The highest BCUT2D eigenvalue weighted by Gasteiger charge is 2.48. The average molecular weight is 387 g/mol. The van der Waals surface area contributed by atoms with Crippen LogP contribution in [-0.2, 0) is 16.0 Å². The van der Waals surface area contributed by atoms with Gasteiger partial charge in [0.1, 0.15) is 12.1 Å². The quantitative estimate of drug-likeness (QED) is 0.792. The molecule has 2 saturated heterocycles. The van der Waals surface area contributed by atoms with E-state index in [-0.39, 0.29) is 25.2 Å². The maximum absolute atomic E-state index is 13.0. The number of fused-ring (bicyclic) bond motifs is 1. The third-order valence-electron chi connectivity index (χ3n) is 5.64. The summed E-state index contributed by atoms with van der Waals surface area (Å²) in [5, 5.41) is 2.76. The van der Waals surface area contributed by atoms with E-state index in [0.29, 0.717) is 36.9 Å². The number of hydrogen-bond donors (Lipinski definition) is 1. The van der Waals surface area contributed by atoms with Gasteiger partial charge in [-0.1, -0.05) is 13.0 Å². The Kier molecular flexibility index (Phi) is 4.64. The van der Waals surface area contributed by atoms with Crippen LogP contribution in [0.5, 0.6) is 11.5 Å². The van der Waals surface area contributed by atoms with Crippen LogP contribution in [0.3, 0.4) is 0 Å². The van der Waals surface area contributed by atoms with E-state index < -0.39 is 11.6 Å². The van der Waals surface area contributed by atoms with Crippen molar-refractivity contribution in [3.05, 3.63) is 23.8 Å². The number of carbonyl (C=O) groups excluding carboxylic acids is 3. The van der Waals surface area contributed by atoms with Gasteiger partial charge in [0.2, 0.25) is 12.7 Å². The maximum atomic E-state index is 13.0. The fraction of sp³-hybridized carbons (Fsp3) is 0.550. The summed E-state index contributed by atoms with van der Waals surface area (Å²) >= 11 is 0. The summed E-state index contributed by atoms with van der Waals surface area (Å²) in [4.78, 5) is 40.8. The topological polar surface area (TPSA) is 88.2 Å². The maximum Gasteiger partial charge on any atom is 0.325 e. The molecule has 1 N–H and O–H groups in total. The van der Waals surface area contributed by atoms with Gasteiger partial charge < -0.3 is 19.7 Å². The Morgan fingerprint density at radius 3 is 2.86 bits per heavy atom. The van der Waals surface area contributed by atoms with Crippen molar-refractivity contribution in [2.24, 2.45) is 5.92 Å². The van der Waals surface area contributed by atoms with E-state index in [4.69, 9.17) is 9.47 Å². The van der Waals surface area contributed by atoms with Crippen LogP contribution in [0.15, 0.2) is 18.2 Å². The summed E-state index contributed by atoms with van der Waals surface area (Å²) in [6.07, 6.45) is 2.36. The number of hydrogen-bond acceptors (Lipinski definition) is 5. The molecule has 8 nitrogen and oxygen atoms in total. The fourth-order valence-corrected chi connectivity index (χ4v) is 4.12. The molecule has 150 valence electrons. The van der Waals surface area contributed by atoms with Gasteiger partial charge in [-0.05, 0) is 43.4 Å². The number of carbonyl (C=O) groups is 3. The zero-order valence-electron chi connectivity index (χ0n) is 16.2. The van der Waals surface area contributed by atoms with E-state index in [1.165, 1.54) is 0 Å². The standard InChI is InChI=1S/C20H25N3O5/c1-13-4-3-7-22(10-13)17(24)11-23-18(25)20(2,21-19(23)26)9-14-5-6-15-16(8-14)28-12-27-15/h5-6,8,13H,3-4,7,9-12H2,1-2H3,(H,21,26)/t13-,20-/m1/s1. The first-order valence-corrected chi connectivity index (χ1v) is 9.66. The van der Waals surface area contributed by atoms with Crippen molar-refractivity contribution in [3.63, 3.8) is 0 Å². The first-order valence-electron chi connectivity index (χ1n) is 9.66. The Morgan fingerprint density at radius 2 is 2.07 bits per heavy atom. The number of ether oxygens (including phenoxy) is 2. The highest BCUT2D eigenvalue weighted by atomic mass is 16.7. The number of benzene rings is 1. The van der Waals surface area contributed by atoms with Crippen LogP contribution >= 0.6 is 0 Å². The van der Waals surface area contributed by atoms with Gasteiger partial charge in [-0.25, -0.2) is 4.79 Å². The molecule has 2 fully saturated rings. The first kappa shape index (κ1) is 18.6. The van der Waals surface area contributed by atoms with Gasteiger partial charge in [0, 0.05) is 19.5 Å². The third-order valence-corrected chi connectivity index (χ3v) is 5.64. The lowest BCUT2D eigenvalue weighted by Crippen LogP contribution is -2.48. The summed E-state index contributed by atoms with van der Waals surface area (Å²) in [5.41, 5.74) is -0.251. The molecular formula is C20H25N3O5. The lowest BCUT2D eigenvalue weighted by Gasteiger charge is -2.31. The van der Waals surface area contributed by atoms with Gasteiger partial charge in [-0.3, -0.25) is 14.5 Å². The average Bonchev–Trinajstić information content (AvgIpc) is 3.19. The van der Waals surface area contributed by atoms with E-state index in [9.17, 15) is 14.4 Å². The minimum absolute atomic E-state index is 0.177. The van der Waals surface area contributed by atoms with Crippen LogP contribution in [0.1, 0.15) is 32.3 Å². The molecule has 1 aromatic rings. The summed E-state index contributed by atoms with van der Waals surface area (Å²) in [6, 6.07) is 4.93. The second kappa shape index (κ2) is 7.00. The number of nitrogens with zero attached hydrogens (tertiary/aromatic N) is 2. The van der Waals surface area contributed by atoms with Gasteiger partial charge in [0.15, 0.2) is 11.5 Å². The summed E-state index contributed by atoms with van der Waals surface area (Å²) < 4.78 is 10.7. The number of urea groups is 1. The number of rotatable bonds is 4. The van der Waals surface area contributed by atoms with Crippen LogP contribution in [0.4, 0.5) is 4.79 Å². The predicted molar refractivity (Wildman–Crippen MR) is 99.9 cm³/mol. The second-order valence-electron chi connectivity index (χ2n) is 8.11. The van der Waals surface area contributed by atoms with Crippen molar-refractivity contribution in [2.75, 3.05) is 26.4 Å². The molecule has 2 atom stereocenters. The minimum atomic E-state index is -1.10. The van der Waals surface area contributed by atoms with Crippen LogP contribution in [-0.4, -0.2) is 59.6 Å². The molecule has 0 bridgehead atoms. The molecule has 4 amide bonds. The Morgan fingerprint density at radius 1 is 1.29 bits per heavy atom. The normalized spacial score (nSPS) is 26.6. The SMILES string of the molecule is C[C@@H]1CCCN(C(=O)CN2C(=O)N[C@](C)(Cc3ccc4c(c3)OCO4)C2=O)C1. The van der Waals surface area contributed by atoms with E-state index in [1.807, 2.05) is 12.1 Å². The third kappa shape index (κ3) is 3.39. The Balaban J connectivity index is 1.44. The number of imide groups is 1. The number of nitrogens with one attached hydrogen (secondary N) is 1. The Labute approximate surface area is 163 Å². The van der Waals surface area contributed by atoms with Gasteiger partial charge in [0.05, 0.1) is 0 Å². The van der Waals surface area contributed by atoms with Crippen LogP contribution in [0.25, 0.3) is 0 Å². The minimum Gasteiger partial charge on any atom is -0.454 e. The molecule has 28 heavy (non-hydrogen) atoms. The Bertz CT molecular complexity index is 826. The Hall–Kier alpha value is -2.77. The lowest BCUT2D eigenvalue weighted by molar-refractivity contribution is -0.139. The molecule has 3 aliphatic heterocycles. The van der Waals surface area contributed by atoms with Crippen LogP contribution in [0.2, 0.25) is 0 Å². The van der Waals surface area contributed by atoms with Gasteiger partial charge in [-0.15, -0.1) is 0 Å². The van der Waals surface area contributed by atoms with E-state index in [1.54, 1.807) is 17.9 Å². The van der Waals surface area contributed by atoms with Crippen molar-refractivity contribution in [3.8, 4) is 11.5 Å². The molecule has 1 aromatic carbocycles. The number of piperidine rings is 1. The zero-order valence-corrected chi connectivity index (χ0v) is 16.2. The summed E-state index contributed by atoms with van der Waals surface area (Å²) in [6.45, 7) is 5.12. The molecule has 0 unspecified atom stereocenters. The molecule has 3 heterocycles. The monoisotopic (exact) mass is 387 g/mol. The van der Waals surface area contributed by atoms with E-state index in [2.05, 4.69) is 12.2 Å². The molecule has 4 rings (SSSR count). The molecule has 0 saturated carbocycles. The van der Waals surface area contributed by atoms with E-state index >= 15 is 0 Å². The number of amides is 4. The fourth-order valence-electron chi connectivity index (χ4n) is 4.12. The largest absolute Gasteiger partial charge is 0.454 e. The van der Waals surface area contributed by atoms with Crippen molar-refractivity contribution < 1.29 is 23.9 Å². The van der Waals surface area contributed by atoms with Crippen LogP contribution < -0.4 is 14.8 Å².